The van der Waals surface area contributed by atoms with Crippen LogP contribution in [0.3, 0.4) is 0 Å². The molecule has 0 bridgehead atoms. The summed E-state index contributed by atoms with van der Waals surface area (Å²) in [7, 11) is 0. The van der Waals surface area contributed by atoms with Crippen LogP contribution >= 0.6 is 0 Å². The lowest BCUT2D eigenvalue weighted by atomic mass is 10.0. The Morgan fingerprint density at radius 3 is 0.877 bits per heavy atom. The number of hydrogen-bond acceptors (Lipinski definition) is 5. The molecule has 2 atom stereocenters. The number of rotatable bonds is 71. The van der Waals surface area contributed by atoms with Gasteiger partial charge in [0.2, 0.25) is 5.91 Å². The fourth-order valence-electron chi connectivity index (χ4n) is 12.1. The van der Waals surface area contributed by atoms with Gasteiger partial charge in [0.15, 0.2) is 0 Å². The van der Waals surface area contributed by atoms with E-state index in [9.17, 15) is 19.8 Å². The van der Waals surface area contributed by atoms with Crippen LogP contribution in [0.15, 0.2) is 12.2 Å². The van der Waals surface area contributed by atoms with E-state index >= 15 is 0 Å². The van der Waals surface area contributed by atoms with Gasteiger partial charge in [-0.3, -0.25) is 9.59 Å². The van der Waals surface area contributed by atoms with Crippen molar-refractivity contribution in [3.63, 3.8) is 0 Å². The molecule has 0 heterocycles. The van der Waals surface area contributed by atoms with Gasteiger partial charge in [-0.25, -0.2) is 0 Å². The predicted molar refractivity (Wildman–Crippen MR) is 357 cm³/mol. The summed E-state index contributed by atoms with van der Waals surface area (Å²) in [6.07, 6.45) is 88.4. The fourth-order valence-corrected chi connectivity index (χ4v) is 12.1. The SMILES string of the molecule is CCCCCCCC/C=C\CCCCCCCCCC(=O)OCCCCCCCCCCCCCCCCCCCCCCCCCCC(=O)NC(CO)C(O)CCCCCCCCCCCCCCCCCCCCCCCCC. The molecule has 0 aliphatic carbocycles. The summed E-state index contributed by atoms with van der Waals surface area (Å²) in [4.78, 5) is 24.7. The van der Waals surface area contributed by atoms with Crippen LogP contribution in [0.4, 0.5) is 0 Å². The third kappa shape index (κ3) is 67.6. The molecule has 1 amide bonds. The summed E-state index contributed by atoms with van der Waals surface area (Å²) >= 11 is 0. The van der Waals surface area contributed by atoms with E-state index in [1.807, 2.05) is 0 Å². The third-order valence-electron chi connectivity index (χ3n) is 17.8. The maximum Gasteiger partial charge on any atom is 0.305 e. The molecule has 2 unspecified atom stereocenters. The molecular weight excluding hydrogens is 995 g/mol. The highest BCUT2D eigenvalue weighted by Crippen LogP contribution is 2.20. The second kappa shape index (κ2) is 71.1. The molecule has 0 aromatic carbocycles. The van der Waals surface area contributed by atoms with E-state index in [0.717, 1.165) is 44.9 Å². The van der Waals surface area contributed by atoms with Gasteiger partial charge >= 0.3 is 5.97 Å². The Labute approximate surface area is 508 Å². The van der Waals surface area contributed by atoms with Gasteiger partial charge in [0.25, 0.3) is 0 Å². The van der Waals surface area contributed by atoms with Crippen LogP contribution in [0.25, 0.3) is 0 Å². The van der Waals surface area contributed by atoms with Gasteiger partial charge in [0, 0.05) is 12.8 Å². The van der Waals surface area contributed by atoms with Gasteiger partial charge in [-0.05, 0) is 51.4 Å². The number of nitrogens with one attached hydrogen (secondary N) is 1. The maximum atomic E-state index is 12.6. The summed E-state index contributed by atoms with van der Waals surface area (Å²) < 4.78 is 5.51. The molecule has 0 aromatic rings. The molecule has 0 fully saturated rings. The van der Waals surface area contributed by atoms with Crippen molar-refractivity contribution in [2.24, 2.45) is 0 Å². The van der Waals surface area contributed by atoms with Gasteiger partial charge in [0.05, 0.1) is 25.4 Å². The molecule has 3 N–H and O–H groups in total. The number of allylic oxidation sites excluding steroid dienone is 2. The average Bonchev–Trinajstić information content (AvgIpc) is 3.47. The highest BCUT2D eigenvalue weighted by atomic mass is 16.5. The lowest BCUT2D eigenvalue weighted by molar-refractivity contribution is -0.143. The van der Waals surface area contributed by atoms with E-state index in [1.54, 1.807) is 0 Å². The zero-order valence-electron chi connectivity index (χ0n) is 55.3. The van der Waals surface area contributed by atoms with Crippen LogP contribution in [-0.4, -0.2) is 47.4 Å². The van der Waals surface area contributed by atoms with Crippen molar-refractivity contribution >= 4 is 11.9 Å². The molecule has 482 valence electrons. The Morgan fingerprint density at radius 1 is 0.333 bits per heavy atom. The molecule has 0 aliphatic heterocycles. The fraction of sp³-hybridized carbons (Fsp3) is 0.947. The third-order valence-corrected chi connectivity index (χ3v) is 17.8. The Bertz CT molecular complexity index is 1220. The Balaban J connectivity index is 3.36. The summed E-state index contributed by atoms with van der Waals surface area (Å²) in [6.45, 7) is 5.00. The minimum atomic E-state index is -0.664. The van der Waals surface area contributed by atoms with E-state index in [-0.39, 0.29) is 18.5 Å². The van der Waals surface area contributed by atoms with Gasteiger partial charge in [-0.15, -0.1) is 0 Å². The highest BCUT2D eigenvalue weighted by Gasteiger charge is 2.20. The van der Waals surface area contributed by atoms with Crippen LogP contribution < -0.4 is 5.32 Å². The first-order valence-corrected chi connectivity index (χ1v) is 37.4. The normalized spacial score (nSPS) is 12.5. The van der Waals surface area contributed by atoms with Crippen molar-refractivity contribution in [1.29, 1.82) is 0 Å². The second-order valence-electron chi connectivity index (χ2n) is 26.0. The van der Waals surface area contributed by atoms with Gasteiger partial charge in [-0.2, -0.15) is 0 Å². The number of aliphatic hydroxyl groups is 2. The number of amides is 1. The van der Waals surface area contributed by atoms with Crippen molar-refractivity contribution < 1.29 is 24.5 Å². The number of unbranched alkanes of at least 4 members (excludes halogenated alkanes) is 58. The largest absolute Gasteiger partial charge is 0.466 e. The number of ether oxygens (including phenoxy) is 1. The van der Waals surface area contributed by atoms with Crippen LogP contribution in [0, 0.1) is 0 Å². The van der Waals surface area contributed by atoms with Crippen molar-refractivity contribution in [2.45, 2.75) is 443 Å². The molecule has 6 heteroatoms. The number of hydrogen-bond donors (Lipinski definition) is 3. The van der Waals surface area contributed by atoms with Crippen molar-refractivity contribution in [3.05, 3.63) is 12.2 Å². The van der Waals surface area contributed by atoms with E-state index in [1.165, 1.54) is 353 Å². The zero-order valence-corrected chi connectivity index (χ0v) is 55.3. The van der Waals surface area contributed by atoms with Crippen molar-refractivity contribution in [1.82, 2.24) is 5.32 Å². The van der Waals surface area contributed by atoms with Crippen molar-refractivity contribution in [2.75, 3.05) is 13.2 Å². The van der Waals surface area contributed by atoms with Gasteiger partial charge in [-0.1, -0.05) is 379 Å². The quantitative estimate of drug-likeness (QED) is 0.0320. The van der Waals surface area contributed by atoms with Gasteiger partial charge in [0.1, 0.15) is 0 Å². The molecule has 0 radical (unpaired) electrons. The number of aliphatic hydroxyl groups excluding tert-OH is 2. The average molecular weight is 1140 g/mol. The first kappa shape index (κ1) is 79.6. The number of carbonyl (C=O) groups excluding carboxylic acids is 2. The van der Waals surface area contributed by atoms with E-state index < -0.39 is 12.1 Å². The van der Waals surface area contributed by atoms with Crippen LogP contribution in [0.1, 0.15) is 431 Å². The predicted octanol–water partition coefficient (Wildman–Crippen LogP) is 24.3. The second-order valence-corrected chi connectivity index (χ2v) is 26.0. The van der Waals surface area contributed by atoms with Gasteiger partial charge < -0.3 is 20.3 Å². The molecule has 0 rings (SSSR count). The Morgan fingerprint density at radius 2 is 0.580 bits per heavy atom. The van der Waals surface area contributed by atoms with Crippen LogP contribution in [0.2, 0.25) is 0 Å². The van der Waals surface area contributed by atoms with E-state index in [4.69, 9.17) is 4.74 Å². The molecule has 81 heavy (non-hydrogen) atoms. The molecule has 0 aromatic heterocycles. The van der Waals surface area contributed by atoms with Crippen LogP contribution in [0.5, 0.6) is 0 Å². The summed E-state index contributed by atoms with van der Waals surface area (Å²) in [5.74, 6) is -0.0146. The highest BCUT2D eigenvalue weighted by molar-refractivity contribution is 5.76. The summed E-state index contributed by atoms with van der Waals surface area (Å²) in [6, 6.07) is -0.541. The first-order chi connectivity index (χ1) is 40.0. The lowest BCUT2D eigenvalue weighted by Gasteiger charge is -2.22. The van der Waals surface area contributed by atoms with E-state index in [2.05, 4.69) is 31.3 Å². The zero-order chi connectivity index (χ0) is 58.5. The molecular formula is C75H147NO5. The maximum absolute atomic E-state index is 12.6. The Kier molecular flexibility index (Phi) is 69.9. The first-order valence-electron chi connectivity index (χ1n) is 37.4. The number of carbonyl (C=O) groups is 2. The summed E-state index contributed by atoms with van der Waals surface area (Å²) in [5.41, 5.74) is 0. The molecule has 0 spiro atoms. The molecule has 0 saturated carbocycles. The lowest BCUT2D eigenvalue weighted by Crippen LogP contribution is -2.45. The van der Waals surface area contributed by atoms with E-state index in [0.29, 0.717) is 25.9 Å². The molecule has 6 nitrogen and oxygen atoms in total. The smallest absolute Gasteiger partial charge is 0.305 e. The molecule has 0 saturated heterocycles. The minimum Gasteiger partial charge on any atom is -0.466 e. The monoisotopic (exact) mass is 1140 g/mol. The Hall–Kier alpha value is -1.40. The summed E-state index contributed by atoms with van der Waals surface area (Å²) in [5, 5.41) is 23.5. The topological polar surface area (TPSA) is 95.9 Å². The number of esters is 1. The molecule has 0 aliphatic rings. The minimum absolute atomic E-state index is 0.0136. The standard InChI is InChI=1S/C75H147NO5/c1-3-5-7-9-11-13-15-17-19-21-22-23-26-29-32-36-39-43-47-51-55-59-63-67-73(78)72(71-77)76-74(79)68-64-60-56-52-48-44-40-37-33-30-27-24-25-28-31-34-38-42-46-50-54-58-62-66-70-81-75(80)69-65-61-57-53-49-45-41-35-20-18-16-14-12-10-8-6-4-2/h18,20,72-73,77-78H,3-17,19,21-71H2,1-2H3,(H,76,79)/b20-18-. The van der Waals surface area contributed by atoms with Crippen molar-refractivity contribution in [3.8, 4) is 0 Å². The van der Waals surface area contributed by atoms with Crippen LogP contribution in [-0.2, 0) is 14.3 Å².